The molecule has 202 valence electrons. The number of fused-ring (bicyclic) bond motifs is 2. The number of halogens is 2. The first-order chi connectivity index (χ1) is 19.2. The third-order valence-corrected chi connectivity index (χ3v) is 10.2. The van der Waals surface area contributed by atoms with Crippen LogP contribution in [0.5, 0.6) is 0 Å². The number of carbonyl (C=O) groups is 3. The van der Waals surface area contributed by atoms with Gasteiger partial charge >= 0.3 is 4.87 Å². The van der Waals surface area contributed by atoms with E-state index in [2.05, 4.69) is 5.32 Å². The van der Waals surface area contributed by atoms with Gasteiger partial charge in [0.05, 0.1) is 16.6 Å². The second-order valence-electron chi connectivity index (χ2n) is 9.57. The van der Waals surface area contributed by atoms with Gasteiger partial charge in [-0.05, 0) is 60.5 Å². The van der Waals surface area contributed by atoms with Gasteiger partial charge in [0, 0.05) is 26.5 Å². The third-order valence-electron chi connectivity index (χ3n) is 7.08. The number of thioether (sulfide) groups is 1. The predicted molar refractivity (Wildman–Crippen MR) is 159 cm³/mol. The lowest BCUT2D eigenvalue weighted by molar-refractivity contribution is -0.122. The highest BCUT2D eigenvalue weighted by Gasteiger charge is 2.56. The number of carbonyl (C=O) groups excluding carboxylic acids is 3. The number of amides is 3. The van der Waals surface area contributed by atoms with Crippen LogP contribution >= 0.6 is 46.3 Å². The third kappa shape index (κ3) is 4.66. The molecule has 0 bridgehead atoms. The van der Waals surface area contributed by atoms with E-state index in [1.165, 1.54) is 21.2 Å². The van der Waals surface area contributed by atoms with Crippen molar-refractivity contribution in [3.8, 4) is 0 Å². The topological polar surface area (TPSA) is 88.5 Å². The van der Waals surface area contributed by atoms with Crippen LogP contribution in [-0.2, 0) is 20.9 Å². The highest BCUT2D eigenvalue weighted by atomic mass is 35.5. The molecule has 6 rings (SSSR count). The zero-order valence-corrected chi connectivity index (χ0v) is 24.1. The molecule has 0 aliphatic carbocycles. The van der Waals surface area contributed by atoms with Crippen LogP contribution in [0.1, 0.15) is 21.9 Å². The number of hydrogen-bond acceptors (Lipinski definition) is 6. The molecule has 11 heteroatoms. The smallest absolute Gasteiger partial charge is 0.308 e. The number of para-hydroxylation sites is 1. The van der Waals surface area contributed by atoms with Gasteiger partial charge in [-0.3, -0.25) is 23.7 Å². The van der Waals surface area contributed by atoms with E-state index in [9.17, 15) is 19.2 Å². The summed E-state index contributed by atoms with van der Waals surface area (Å²) in [4.78, 5) is 55.5. The molecule has 2 unspecified atom stereocenters. The maximum Gasteiger partial charge on any atom is 0.308 e. The summed E-state index contributed by atoms with van der Waals surface area (Å²) in [5.74, 6) is -2.39. The Labute approximate surface area is 247 Å². The van der Waals surface area contributed by atoms with E-state index in [-0.39, 0.29) is 29.1 Å². The highest BCUT2D eigenvalue weighted by molar-refractivity contribution is 8.00. The van der Waals surface area contributed by atoms with Crippen molar-refractivity contribution in [3.63, 3.8) is 0 Å². The maximum atomic E-state index is 13.9. The van der Waals surface area contributed by atoms with Crippen LogP contribution in [0.25, 0.3) is 0 Å². The number of hydrogen-bond donors (Lipinski definition) is 1. The van der Waals surface area contributed by atoms with Gasteiger partial charge in [-0.2, -0.15) is 0 Å². The maximum absolute atomic E-state index is 13.9. The van der Waals surface area contributed by atoms with Gasteiger partial charge in [-0.25, -0.2) is 4.90 Å². The molecule has 3 atom stereocenters. The first-order valence-corrected chi connectivity index (χ1v) is 14.8. The molecule has 7 nitrogen and oxygen atoms in total. The Morgan fingerprint density at radius 2 is 1.55 bits per heavy atom. The number of aryl methyl sites for hydroxylation is 1. The summed E-state index contributed by atoms with van der Waals surface area (Å²) in [6.45, 7) is 1.66. The fourth-order valence-corrected chi connectivity index (χ4v) is 8.20. The first-order valence-electron chi connectivity index (χ1n) is 12.4. The standard InChI is InChI=1S/C29H21Cl2N3O4S2/c1-15-4-2-3-5-20(15)32-21(35)14-33-28-25(40-29(33)38)22(16-6-8-17(30)9-7-16)23-24(39-28)27(37)34(26(23)36)19-12-10-18(31)11-13-19/h2-13,22-24H,14H2,1H3,(H,32,35)/t22-,23?,24?/m1/s1. The van der Waals surface area contributed by atoms with Crippen molar-refractivity contribution in [2.75, 3.05) is 10.2 Å². The lowest BCUT2D eigenvalue weighted by Gasteiger charge is -2.30. The Bertz CT molecular complexity index is 1720. The predicted octanol–water partition coefficient (Wildman–Crippen LogP) is 5.96. The molecular formula is C29H21Cl2N3O4S2. The summed E-state index contributed by atoms with van der Waals surface area (Å²) in [5.41, 5.74) is 2.75. The lowest BCUT2D eigenvalue weighted by atomic mass is 9.83. The van der Waals surface area contributed by atoms with Crippen molar-refractivity contribution in [1.82, 2.24) is 4.57 Å². The van der Waals surface area contributed by atoms with E-state index in [0.717, 1.165) is 22.5 Å². The summed E-state index contributed by atoms with van der Waals surface area (Å²) in [6, 6.07) is 21.0. The van der Waals surface area contributed by atoms with E-state index in [4.69, 9.17) is 23.2 Å². The quantitative estimate of drug-likeness (QED) is 0.282. The molecule has 2 aliphatic heterocycles. The van der Waals surface area contributed by atoms with Crippen LogP contribution < -0.4 is 15.1 Å². The number of anilines is 2. The number of nitrogens with one attached hydrogen (secondary N) is 1. The summed E-state index contributed by atoms with van der Waals surface area (Å²) >= 11 is 14.4. The highest BCUT2D eigenvalue weighted by Crippen LogP contribution is 2.54. The van der Waals surface area contributed by atoms with Gasteiger partial charge in [0.2, 0.25) is 17.7 Å². The SMILES string of the molecule is Cc1ccccc1NC(=O)Cn1c2c(sc1=O)[C@H](c1ccc(Cl)cc1)C1C(=O)N(c3ccc(Cl)cc3)C(=O)C1S2. The van der Waals surface area contributed by atoms with Crippen LogP contribution in [0, 0.1) is 12.8 Å². The molecular weight excluding hydrogens is 589 g/mol. The molecule has 0 radical (unpaired) electrons. The number of benzene rings is 3. The van der Waals surface area contributed by atoms with Crippen LogP contribution in [0.3, 0.4) is 0 Å². The molecule has 1 aromatic heterocycles. The Balaban J connectivity index is 1.41. The average molecular weight is 611 g/mol. The Kier molecular flexibility index (Phi) is 7.08. The first kappa shape index (κ1) is 26.8. The minimum absolute atomic E-state index is 0.222. The molecule has 0 spiro atoms. The van der Waals surface area contributed by atoms with Gasteiger partial charge in [-0.15, -0.1) is 0 Å². The van der Waals surface area contributed by atoms with Gasteiger partial charge in [0.25, 0.3) is 0 Å². The summed E-state index contributed by atoms with van der Waals surface area (Å²) < 4.78 is 1.40. The Hall–Kier alpha value is -3.37. The minimum Gasteiger partial charge on any atom is -0.324 e. The van der Waals surface area contributed by atoms with Crippen molar-refractivity contribution in [2.45, 2.75) is 29.7 Å². The van der Waals surface area contributed by atoms with Crippen LogP contribution in [0.2, 0.25) is 10.0 Å². The van der Waals surface area contributed by atoms with Crippen LogP contribution in [0.4, 0.5) is 11.4 Å². The number of thiazole rings is 1. The van der Waals surface area contributed by atoms with E-state index in [0.29, 0.717) is 31.3 Å². The molecule has 2 aliphatic rings. The van der Waals surface area contributed by atoms with Gasteiger partial charge < -0.3 is 5.32 Å². The lowest BCUT2D eigenvalue weighted by Crippen LogP contribution is -2.33. The monoisotopic (exact) mass is 609 g/mol. The largest absolute Gasteiger partial charge is 0.324 e. The van der Waals surface area contributed by atoms with Crippen LogP contribution in [0.15, 0.2) is 82.6 Å². The van der Waals surface area contributed by atoms with Crippen molar-refractivity contribution in [2.24, 2.45) is 5.92 Å². The second-order valence-corrected chi connectivity index (χ2v) is 12.6. The molecule has 3 heterocycles. The van der Waals surface area contributed by atoms with E-state index >= 15 is 0 Å². The fraction of sp³-hybridized carbons (Fsp3) is 0.172. The Morgan fingerprint density at radius 3 is 2.23 bits per heavy atom. The zero-order chi connectivity index (χ0) is 28.1. The molecule has 3 amide bonds. The van der Waals surface area contributed by atoms with Crippen molar-refractivity contribution in [1.29, 1.82) is 0 Å². The second kappa shape index (κ2) is 10.6. The van der Waals surface area contributed by atoms with Crippen molar-refractivity contribution >= 4 is 75.4 Å². The molecule has 4 aromatic rings. The number of nitrogens with zero attached hydrogens (tertiary/aromatic N) is 2. The number of aromatic nitrogens is 1. The molecule has 40 heavy (non-hydrogen) atoms. The summed E-state index contributed by atoms with van der Waals surface area (Å²) in [6.07, 6.45) is 0. The number of rotatable bonds is 5. The van der Waals surface area contributed by atoms with Gasteiger partial charge in [0.1, 0.15) is 11.8 Å². The Morgan fingerprint density at radius 1 is 0.900 bits per heavy atom. The minimum atomic E-state index is -0.781. The van der Waals surface area contributed by atoms with Crippen molar-refractivity contribution in [3.05, 3.63) is 109 Å². The molecule has 3 aromatic carbocycles. The summed E-state index contributed by atoms with van der Waals surface area (Å²) in [7, 11) is 0. The van der Waals surface area contributed by atoms with Gasteiger partial charge in [-0.1, -0.05) is 76.6 Å². The molecule has 1 saturated heterocycles. The molecule has 1 fully saturated rings. The normalized spacial score (nSPS) is 19.9. The average Bonchev–Trinajstić information content (AvgIpc) is 3.37. The van der Waals surface area contributed by atoms with Crippen molar-refractivity contribution < 1.29 is 14.4 Å². The summed E-state index contributed by atoms with van der Waals surface area (Å²) in [5, 5.41) is 3.63. The van der Waals surface area contributed by atoms with Gasteiger partial charge in [0.15, 0.2) is 0 Å². The zero-order valence-electron chi connectivity index (χ0n) is 21.0. The van der Waals surface area contributed by atoms with E-state index in [1.807, 2.05) is 37.3 Å². The number of imide groups is 1. The fourth-order valence-electron chi connectivity index (χ4n) is 5.18. The van der Waals surface area contributed by atoms with E-state index < -0.39 is 17.1 Å². The van der Waals surface area contributed by atoms with E-state index in [1.54, 1.807) is 42.5 Å². The van der Waals surface area contributed by atoms with Crippen LogP contribution in [-0.4, -0.2) is 27.5 Å². The molecule has 1 N–H and O–H groups in total. The molecule has 0 saturated carbocycles.